The Labute approximate surface area is 121 Å². The van der Waals surface area contributed by atoms with Crippen LogP contribution in [0.3, 0.4) is 0 Å². The third-order valence-electron chi connectivity index (χ3n) is 3.22. The molecule has 100 valence electrons. The Bertz CT molecular complexity index is 767. The molecular weight excluding hydrogens is 268 g/mol. The van der Waals surface area contributed by atoms with Gasteiger partial charge in [0.25, 0.3) is 5.91 Å². The Morgan fingerprint density at radius 3 is 2.65 bits per heavy atom. The Morgan fingerprint density at radius 1 is 1.15 bits per heavy atom. The first-order valence-electron chi connectivity index (χ1n) is 6.30. The first-order chi connectivity index (χ1) is 9.65. The number of benzene rings is 2. The minimum absolute atomic E-state index is 0.119. The molecule has 1 heterocycles. The van der Waals surface area contributed by atoms with E-state index in [9.17, 15) is 4.79 Å². The standard InChI is InChI=1S/C16H14N2OS/c1-10-13(17)9-15(20-10)16(19)18-14-8-4-6-11-5-2-3-7-12(11)14/h2-9H,17H2,1H3,(H,18,19). The molecule has 4 heteroatoms. The van der Waals surface area contributed by atoms with Crippen molar-refractivity contribution < 1.29 is 4.79 Å². The van der Waals surface area contributed by atoms with Gasteiger partial charge < -0.3 is 11.1 Å². The minimum Gasteiger partial charge on any atom is -0.398 e. The zero-order valence-electron chi connectivity index (χ0n) is 11.0. The van der Waals surface area contributed by atoms with Crippen molar-refractivity contribution in [3.63, 3.8) is 0 Å². The van der Waals surface area contributed by atoms with E-state index in [2.05, 4.69) is 5.32 Å². The molecule has 3 aromatic rings. The average Bonchev–Trinajstić information content (AvgIpc) is 2.79. The van der Waals surface area contributed by atoms with E-state index in [4.69, 9.17) is 5.73 Å². The zero-order chi connectivity index (χ0) is 14.1. The van der Waals surface area contributed by atoms with E-state index in [0.29, 0.717) is 10.6 Å². The van der Waals surface area contributed by atoms with Gasteiger partial charge in [-0.1, -0.05) is 36.4 Å². The van der Waals surface area contributed by atoms with Gasteiger partial charge >= 0.3 is 0 Å². The maximum absolute atomic E-state index is 12.3. The van der Waals surface area contributed by atoms with Crippen molar-refractivity contribution in [1.82, 2.24) is 0 Å². The Morgan fingerprint density at radius 2 is 1.90 bits per heavy atom. The molecule has 0 atom stereocenters. The van der Waals surface area contributed by atoms with Gasteiger partial charge in [-0.2, -0.15) is 0 Å². The van der Waals surface area contributed by atoms with E-state index in [0.717, 1.165) is 21.3 Å². The molecule has 0 aliphatic carbocycles. The molecule has 0 fully saturated rings. The van der Waals surface area contributed by atoms with Gasteiger partial charge in [0.2, 0.25) is 0 Å². The summed E-state index contributed by atoms with van der Waals surface area (Å²) in [7, 11) is 0. The SMILES string of the molecule is Cc1sc(C(=O)Nc2cccc3ccccc23)cc1N. The summed E-state index contributed by atoms with van der Waals surface area (Å²) in [5, 5.41) is 5.09. The Balaban J connectivity index is 1.95. The van der Waals surface area contributed by atoms with Gasteiger partial charge in [-0.15, -0.1) is 11.3 Å². The van der Waals surface area contributed by atoms with Gasteiger partial charge in [0.15, 0.2) is 0 Å². The summed E-state index contributed by atoms with van der Waals surface area (Å²) in [5.74, 6) is -0.119. The molecule has 20 heavy (non-hydrogen) atoms. The van der Waals surface area contributed by atoms with Gasteiger partial charge in [-0.05, 0) is 24.4 Å². The van der Waals surface area contributed by atoms with Crippen LogP contribution in [0.4, 0.5) is 11.4 Å². The van der Waals surface area contributed by atoms with Crippen LogP contribution in [0.2, 0.25) is 0 Å². The molecule has 0 saturated heterocycles. The number of nitrogens with one attached hydrogen (secondary N) is 1. The number of anilines is 2. The second kappa shape index (κ2) is 4.98. The Kier molecular flexibility index (Phi) is 3.16. The lowest BCUT2D eigenvalue weighted by Gasteiger charge is -2.07. The summed E-state index contributed by atoms with van der Waals surface area (Å²) >= 11 is 1.41. The van der Waals surface area contributed by atoms with E-state index in [1.807, 2.05) is 49.4 Å². The number of hydrogen-bond donors (Lipinski definition) is 2. The highest BCUT2D eigenvalue weighted by Crippen LogP contribution is 2.27. The fourth-order valence-electron chi connectivity index (χ4n) is 2.13. The van der Waals surface area contributed by atoms with Crippen LogP contribution in [0, 0.1) is 6.92 Å². The maximum Gasteiger partial charge on any atom is 0.265 e. The average molecular weight is 282 g/mol. The second-order valence-corrected chi connectivity index (χ2v) is 5.86. The van der Waals surface area contributed by atoms with Crippen LogP contribution in [0.15, 0.2) is 48.5 Å². The molecule has 0 bridgehead atoms. The number of rotatable bonds is 2. The number of carbonyl (C=O) groups excluding carboxylic acids is 1. The third kappa shape index (κ3) is 2.26. The quantitative estimate of drug-likeness (QED) is 0.745. The van der Waals surface area contributed by atoms with Gasteiger partial charge in [0, 0.05) is 21.6 Å². The first kappa shape index (κ1) is 12.7. The highest BCUT2D eigenvalue weighted by Gasteiger charge is 2.12. The van der Waals surface area contributed by atoms with Crippen LogP contribution in [0.5, 0.6) is 0 Å². The van der Waals surface area contributed by atoms with Crippen LogP contribution in [0.25, 0.3) is 10.8 Å². The number of carbonyl (C=O) groups is 1. The molecule has 0 aliphatic rings. The van der Waals surface area contributed by atoms with Gasteiger partial charge in [-0.25, -0.2) is 0 Å². The summed E-state index contributed by atoms with van der Waals surface area (Å²) in [6, 6.07) is 15.6. The van der Waals surface area contributed by atoms with Crippen molar-refractivity contribution in [3.05, 3.63) is 58.3 Å². The van der Waals surface area contributed by atoms with Crippen LogP contribution in [-0.2, 0) is 0 Å². The fraction of sp³-hybridized carbons (Fsp3) is 0.0625. The van der Waals surface area contributed by atoms with E-state index in [1.54, 1.807) is 6.07 Å². The van der Waals surface area contributed by atoms with Gasteiger partial charge in [0.1, 0.15) is 0 Å². The first-order valence-corrected chi connectivity index (χ1v) is 7.12. The lowest BCUT2D eigenvalue weighted by molar-refractivity contribution is 0.103. The van der Waals surface area contributed by atoms with Crippen molar-refractivity contribution in [3.8, 4) is 0 Å². The normalized spacial score (nSPS) is 10.7. The number of nitrogen functional groups attached to an aromatic ring is 1. The molecule has 0 saturated carbocycles. The molecule has 1 aromatic heterocycles. The molecular formula is C16H14N2OS. The molecule has 3 nitrogen and oxygen atoms in total. The third-order valence-corrected chi connectivity index (χ3v) is 4.28. The molecule has 2 aromatic carbocycles. The Hall–Kier alpha value is -2.33. The van der Waals surface area contributed by atoms with E-state index in [-0.39, 0.29) is 5.91 Å². The summed E-state index contributed by atoms with van der Waals surface area (Å²) < 4.78 is 0. The van der Waals surface area contributed by atoms with E-state index < -0.39 is 0 Å². The van der Waals surface area contributed by atoms with Crippen molar-refractivity contribution >= 4 is 39.4 Å². The summed E-state index contributed by atoms with van der Waals surface area (Å²) in [5.41, 5.74) is 7.27. The van der Waals surface area contributed by atoms with Crippen LogP contribution < -0.4 is 11.1 Å². The molecule has 0 radical (unpaired) electrons. The predicted octanol–water partition coefficient (Wildman–Crippen LogP) is 4.04. The van der Waals surface area contributed by atoms with E-state index in [1.165, 1.54) is 11.3 Å². The van der Waals surface area contributed by atoms with Crippen molar-refractivity contribution in [2.75, 3.05) is 11.1 Å². The summed E-state index contributed by atoms with van der Waals surface area (Å²) in [6.45, 7) is 1.91. The largest absolute Gasteiger partial charge is 0.398 e. The molecule has 0 unspecified atom stereocenters. The maximum atomic E-state index is 12.3. The monoisotopic (exact) mass is 282 g/mol. The fourth-order valence-corrected chi connectivity index (χ4v) is 2.96. The van der Waals surface area contributed by atoms with Gasteiger partial charge in [0.05, 0.1) is 4.88 Å². The predicted molar refractivity (Wildman–Crippen MR) is 85.4 cm³/mol. The molecule has 0 spiro atoms. The number of hydrogen-bond acceptors (Lipinski definition) is 3. The minimum atomic E-state index is -0.119. The number of thiophene rings is 1. The second-order valence-electron chi connectivity index (χ2n) is 4.60. The number of fused-ring (bicyclic) bond motifs is 1. The summed E-state index contributed by atoms with van der Waals surface area (Å²) in [4.78, 5) is 13.9. The van der Waals surface area contributed by atoms with E-state index >= 15 is 0 Å². The highest BCUT2D eigenvalue weighted by atomic mass is 32.1. The number of amides is 1. The van der Waals surface area contributed by atoms with Crippen LogP contribution in [-0.4, -0.2) is 5.91 Å². The zero-order valence-corrected chi connectivity index (χ0v) is 11.8. The van der Waals surface area contributed by atoms with Crippen molar-refractivity contribution in [1.29, 1.82) is 0 Å². The summed E-state index contributed by atoms with van der Waals surface area (Å²) in [6.07, 6.45) is 0. The lowest BCUT2D eigenvalue weighted by Crippen LogP contribution is -2.10. The van der Waals surface area contributed by atoms with Crippen LogP contribution in [0.1, 0.15) is 14.5 Å². The molecule has 3 rings (SSSR count). The molecule has 1 amide bonds. The number of aryl methyl sites for hydroxylation is 1. The smallest absolute Gasteiger partial charge is 0.265 e. The lowest BCUT2D eigenvalue weighted by atomic mass is 10.1. The van der Waals surface area contributed by atoms with Crippen molar-refractivity contribution in [2.24, 2.45) is 0 Å². The topological polar surface area (TPSA) is 55.1 Å². The molecule has 3 N–H and O–H groups in total. The highest BCUT2D eigenvalue weighted by molar-refractivity contribution is 7.14. The van der Waals surface area contributed by atoms with Gasteiger partial charge in [-0.3, -0.25) is 4.79 Å². The number of nitrogens with two attached hydrogens (primary N) is 1. The van der Waals surface area contributed by atoms with Crippen LogP contribution >= 0.6 is 11.3 Å². The van der Waals surface area contributed by atoms with Crippen molar-refractivity contribution in [2.45, 2.75) is 6.92 Å². The molecule has 0 aliphatic heterocycles.